The highest BCUT2D eigenvalue weighted by atomic mass is 19.1. The highest BCUT2D eigenvalue weighted by Crippen LogP contribution is 2.28. The first-order chi connectivity index (χ1) is 13.6. The Kier molecular flexibility index (Phi) is 4.92. The normalized spacial score (nSPS) is 12.4. The average Bonchev–Trinajstić information content (AvgIpc) is 3.31. The van der Waals surface area contributed by atoms with Gasteiger partial charge in [-0.2, -0.15) is 9.97 Å². The van der Waals surface area contributed by atoms with Gasteiger partial charge in [-0.1, -0.05) is 30.3 Å². The number of nitrogen functional groups attached to an aromatic ring is 1. The van der Waals surface area contributed by atoms with Crippen LogP contribution in [0.3, 0.4) is 0 Å². The van der Waals surface area contributed by atoms with Gasteiger partial charge < -0.3 is 20.0 Å². The largest absolute Gasteiger partial charge is 0.461 e. The minimum atomic E-state index is -1.09. The van der Waals surface area contributed by atoms with Crippen molar-refractivity contribution in [3.63, 3.8) is 0 Å². The van der Waals surface area contributed by atoms with Gasteiger partial charge in [0.25, 0.3) is 0 Å². The Morgan fingerprint density at radius 1 is 1.14 bits per heavy atom. The second-order valence-electron chi connectivity index (χ2n) is 6.57. The number of furan rings is 1. The van der Waals surface area contributed by atoms with Gasteiger partial charge in [0.05, 0.1) is 12.8 Å². The molecule has 0 radical (unpaired) electrons. The molecule has 1 atom stereocenters. The molecule has 144 valence electrons. The Balaban J connectivity index is 1.66. The number of benzene rings is 1. The van der Waals surface area contributed by atoms with E-state index in [9.17, 15) is 4.39 Å². The fourth-order valence-corrected chi connectivity index (χ4v) is 3.08. The van der Waals surface area contributed by atoms with E-state index in [1.165, 1.54) is 12.5 Å². The summed E-state index contributed by atoms with van der Waals surface area (Å²) in [5.41, 5.74) is 8.23. The smallest absolute Gasteiger partial charge is 0.226 e. The zero-order chi connectivity index (χ0) is 19.5. The highest BCUT2D eigenvalue weighted by molar-refractivity contribution is 5.86. The summed E-state index contributed by atoms with van der Waals surface area (Å²) in [6, 6.07) is 13.6. The summed E-state index contributed by atoms with van der Waals surface area (Å²) in [5.74, 6) is 1.63. The number of rotatable bonds is 7. The third-order valence-electron chi connectivity index (χ3n) is 4.34. The van der Waals surface area contributed by atoms with E-state index in [0.29, 0.717) is 35.2 Å². The van der Waals surface area contributed by atoms with E-state index in [1.807, 2.05) is 18.2 Å². The summed E-state index contributed by atoms with van der Waals surface area (Å²) >= 11 is 0. The van der Waals surface area contributed by atoms with Crippen molar-refractivity contribution < 1.29 is 8.81 Å². The van der Waals surface area contributed by atoms with Crippen LogP contribution in [0.4, 0.5) is 16.2 Å². The molecule has 0 spiro atoms. The Bertz CT molecular complexity index is 1060. The van der Waals surface area contributed by atoms with Crippen molar-refractivity contribution in [2.75, 3.05) is 17.6 Å². The van der Waals surface area contributed by atoms with Crippen LogP contribution >= 0.6 is 0 Å². The number of nitrogens with one attached hydrogen (secondary N) is 1. The average molecular weight is 380 g/mol. The predicted octanol–water partition coefficient (Wildman–Crippen LogP) is 3.68. The van der Waals surface area contributed by atoms with E-state index in [4.69, 9.17) is 10.2 Å². The van der Waals surface area contributed by atoms with Crippen LogP contribution in [0.2, 0.25) is 0 Å². The molecule has 4 rings (SSSR count). The number of nitrogens with two attached hydrogens (primary N) is 1. The zero-order valence-electron chi connectivity index (χ0n) is 15.5. The van der Waals surface area contributed by atoms with Crippen molar-refractivity contribution in [3.8, 4) is 11.6 Å². The molecule has 7 nitrogen and oxygen atoms in total. The lowest BCUT2D eigenvalue weighted by Crippen LogP contribution is -2.12. The molecule has 0 saturated carbocycles. The van der Waals surface area contributed by atoms with Gasteiger partial charge in [-0.25, -0.2) is 9.37 Å². The van der Waals surface area contributed by atoms with Gasteiger partial charge >= 0.3 is 0 Å². The van der Waals surface area contributed by atoms with Crippen LogP contribution in [-0.4, -0.2) is 32.2 Å². The van der Waals surface area contributed by atoms with E-state index < -0.39 is 6.17 Å². The van der Waals surface area contributed by atoms with E-state index in [-0.39, 0.29) is 12.4 Å². The van der Waals surface area contributed by atoms with E-state index in [2.05, 4.69) is 32.4 Å². The number of hydrogen-bond donors (Lipinski definition) is 2. The number of imidazole rings is 1. The molecule has 8 heteroatoms. The lowest BCUT2D eigenvalue weighted by atomic mass is 10.1. The van der Waals surface area contributed by atoms with Gasteiger partial charge in [0.15, 0.2) is 28.6 Å². The Morgan fingerprint density at radius 2 is 1.96 bits per heavy atom. The quantitative estimate of drug-likeness (QED) is 0.508. The highest BCUT2D eigenvalue weighted by Gasteiger charge is 2.20. The van der Waals surface area contributed by atoms with Gasteiger partial charge in [0, 0.05) is 6.54 Å². The molecule has 0 aliphatic rings. The molecule has 0 amide bonds. The van der Waals surface area contributed by atoms with Crippen molar-refractivity contribution in [2.24, 2.45) is 0 Å². The minimum absolute atomic E-state index is 0.0897. The van der Waals surface area contributed by atoms with Crippen LogP contribution in [-0.2, 0) is 13.0 Å². The molecule has 0 saturated heterocycles. The van der Waals surface area contributed by atoms with Crippen LogP contribution in [0, 0.1) is 0 Å². The monoisotopic (exact) mass is 380 g/mol. The zero-order valence-corrected chi connectivity index (χ0v) is 15.5. The number of anilines is 2. The van der Waals surface area contributed by atoms with Crippen LogP contribution < -0.4 is 11.1 Å². The standard InChI is InChI=1S/C20H21FN6O/c1-13(21)12-27-18(15-8-5-11-28-15)24-16-17(22)25-20(26-19(16)27)23-10-9-14-6-3-2-4-7-14/h2-8,11,13H,9-10,12H2,1H3,(H3,22,23,25,26). The molecule has 1 aromatic carbocycles. The number of fused-ring (bicyclic) bond motifs is 1. The molecule has 4 aromatic rings. The van der Waals surface area contributed by atoms with Crippen molar-refractivity contribution in [2.45, 2.75) is 26.1 Å². The second-order valence-corrected chi connectivity index (χ2v) is 6.57. The van der Waals surface area contributed by atoms with Crippen molar-refractivity contribution in [3.05, 3.63) is 54.3 Å². The molecule has 28 heavy (non-hydrogen) atoms. The van der Waals surface area contributed by atoms with Crippen LogP contribution in [0.25, 0.3) is 22.7 Å². The fraction of sp³-hybridized carbons (Fsp3) is 0.250. The fourth-order valence-electron chi connectivity index (χ4n) is 3.08. The number of nitrogens with zero attached hydrogens (tertiary/aromatic N) is 4. The maximum atomic E-state index is 13.8. The van der Waals surface area contributed by atoms with E-state index in [0.717, 1.165) is 6.42 Å². The molecule has 0 fully saturated rings. The van der Waals surface area contributed by atoms with E-state index in [1.54, 1.807) is 23.0 Å². The summed E-state index contributed by atoms with van der Waals surface area (Å²) in [6.07, 6.45) is 1.28. The summed E-state index contributed by atoms with van der Waals surface area (Å²) < 4.78 is 21.0. The lowest BCUT2D eigenvalue weighted by molar-refractivity contribution is 0.323. The Labute approximate surface area is 161 Å². The van der Waals surface area contributed by atoms with Crippen molar-refractivity contribution in [1.29, 1.82) is 0 Å². The van der Waals surface area contributed by atoms with Crippen molar-refractivity contribution >= 4 is 22.9 Å². The lowest BCUT2D eigenvalue weighted by Gasteiger charge is -2.09. The summed E-state index contributed by atoms with van der Waals surface area (Å²) in [7, 11) is 0. The third-order valence-corrected chi connectivity index (χ3v) is 4.34. The minimum Gasteiger partial charge on any atom is -0.461 e. The Hall–Kier alpha value is -3.42. The first-order valence-corrected chi connectivity index (χ1v) is 9.11. The van der Waals surface area contributed by atoms with E-state index >= 15 is 0 Å². The second kappa shape index (κ2) is 7.67. The van der Waals surface area contributed by atoms with Crippen LogP contribution in [0.1, 0.15) is 12.5 Å². The SMILES string of the molecule is CC(F)Cn1c(-c2ccco2)nc2c(N)nc(NCCc3ccccc3)nc21. The van der Waals surface area contributed by atoms with Crippen molar-refractivity contribution in [1.82, 2.24) is 19.5 Å². The van der Waals surface area contributed by atoms with Gasteiger partial charge in [0.1, 0.15) is 6.17 Å². The molecule has 3 aromatic heterocycles. The first-order valence-electron chi connectivity index (χ1n) is 9.11. The summed E-state index contributed by atoms with van der Waals surface area (Å²) in [5, 5.41) is 3.19. The topological polar surface area (TPSA) is 94.8 Å². The van der Waals surface area contributed by atoms with Crippen LogP contribution in [0.15, 0.2) is 53.1 Å². The molecular formula is C20H21FN6O. The molecular weight excluding hydrogens is 359 g/mol. The molecule has 3 heterocycles. The van der Waals surface area contributed by atoms with Gasteiger partial charge in [-0.15, -0.1) is 0 Å². The maximum Gasteiger partial charge on any atom is 0.226 e. The number of aromatic nitrogens is 4. The maximum absolute atomic E-state index is 13.8. The van der Waals surface area contributed by atoms with Gasteiger partial charge in [0.2, 0.25) is 5.95 Å². The molecule has 0 aliphatic heterocycles. The van der Waals surface area contributed by atoms with Crippen LogP contribution in [0.5, 0.6) is 0 Å². The third kappa shape index (κ3) is 3.66. The van der Waals surface area contributed by atoms with Gasteiger partial charge in [-0.05, 0) is 31.0 Å². The van der Waals surface area contributed by atoms with Gasteiger partial charge in [-0.3, -0.25) is 0 Å². The molecule has 3 N–H and O–H groups in total. The first kappa shape index (κ1) is 18.0. The predicted molar refractivity (Wildman–Crippen MR) is 107 cm³/mol. The molecule has 0 aliphatic carbocycles. The summed E-state index contributed by atoms with van der Waals surface area (Å²) in [6.45, 7) is 2.22. The number of halogens is 1. The Morgan fingerprint density at radius 3 is 2.68 bits per heavy atom. The summed E-state index contributed by atoms with van der Waals surface area (Å²) in [4.78, 5) is 13.3. The molecule has 1 unspecified atom stereocenters. The molecule has 0 bridgehead atoms. The number of alkyl halides is 1. The number of hydrogen-bond acceptors (Lipinski definition) is 6.